The summed E-state index contributed by atoms with van der Waals surface area (Å²) in [6.07, 6.45) is 1.42. The monoisotopic (exact) mass is 323 g/mol. The average Bonchev–Trinajstić information content (AvgIpc) is 2.84. The molecule has 3 rings (SSSR count). The number of amides is 1. The van der Waals surface area contributed by atoms with Crippen LogP contribution in [0.1, 0.15) is 34.7 Å². The van der Waals surface area contributed by atoms with Crippen molar-refractivity contribution in [3.05, 3.63) is 51.5 Å². The van der Waals surface area contributed by atoms with Gasteiger partial charge in [-0.15, -0.1) is 0 Å². The van der Waals surface area contributed by atoms with Gasteiger partial charge in [-0.3, -0.25) is 4.79 Å². The summed E-state index contributed by atoms with van der Waals surface area (Å²) in [6, 6.07) is 5.68. The van der Waals surface area contributed by atoms with Crippen molar-refractivity contribution in [2.45, 2.75) is 26.4 Å². The second kappa shape index (κ2) is 5.35. The lowest BCUT2D eigenvalue weighted by molar-refractivity contribution is 0.0643. The maximum atomic E-state index is 12.7. The highest BCUT2D eigenvalue weighted by atomic mass is 35.5. The van der Waals surface area contributed by atoms with Crippen LogP contribution in [0.3, 0.4) is 0 Å². The number of nitrogens with zero attached hydrogens (tertiary/aromatic N) is 3. The zero-order valence-corrected chi connectivity index (χ0v) is 13.3. The van der Waals surface area contributed by atoms with Gasteiger partial charge in [0.15, 0.2) is 0 Å². The summed E-state index contributed by atoms with van der Waals surface area (Å²) in [6.45, 7) is 5.55. The highest BCUT2D eigenvalue weighted by Crippen LogP contribution is 2.30. The molecule has 6 heteroatoms. The summed E-state index contributed by atoms with van der Waals surface area (Å²) in [4.78, 5) is 18.5. The zero-order valence-electron chi connectivity index (χ0n) is 11.8. The van der Waals surface area contributed by atoms with Crippen LogP contribution in [0.15, 0.2) is 24.4 Å². The molecule has 1 unspecified atom stereocenters. The fourth-order valence-electron chi connectivity index (χ4n) is 2.83. The van der Waals surface area contributed by atoms with E-state index in [0.717, 1.165) is 12.2 Å². The molecule has 110 valence electrons. The number of carbonyl (C=O) groups excluding carboxylic acids is 1. The van der Waals surface area contributed by atoms with E-state index in [0.29, 0.717) is 17.1 Å². The summed E-state index contributed by atoms with van der Waals surface area (Å²) in [5.41, 5.74) is 2.76. The number of pyridine rings is 1. The largest absolute Gasteiger partial charge is 0.345 e. The lowest BCUT2D eigenvalue weighted by Crippen LogP contribution is -2.41. The van der Waals surface area contributed by atoms with Gasteiger partial charge < -0.3 is 9.47 Å². The Labute approximate surface area is 133 Å². The first-order chi connectivity index (χ1) is 9.99. The molecule has 0 bridgehead atoms. The Kier molecular flexibility index (Phi) is 3.68. The number of hydrogen-bond donors (Lipinski definition) is 0. The predicted octanol–water partition coefficient (Wildman–Crippen LogP) is 3.72. The standard InChI is InChI=1S/C15H15Cl2N3O/c1-9-3-4-13-10(2)20(6-5-19(9)13)15(21)11-7-14(17)18-8-12(11)16/h3-4,7-8,10H,5-6H2,1-2H3. The van der Waals surface area contributed by atoms with E-state index in [1.807, 2.05) is 11.8 Å². The number of carbonyl (C=O) groups is 1. The second-order valence-electron chi connectivity index (χ2n) is 5.21. The van der Waals surface area contributed by atoms with Gasteiger partial charge in [-0.25, -0.2) is 4.98 Å². The molecule has 0 spiro atoms. The molecule has 3 heterocycles. The summed E-state index contributed by atoms with van der Waals surface area (Å²) in [7, 11) is 0. The van der Waals surface area contributed by atoms with Crippen molar-refractivity contribution in [3.8, 4) is 0 Å². The third-order valence-corrected chi connectivity index (χ3v) is 4.51. The normalized spacial score (nSPS) is 17.7. The first-order valence-corrected chi connectivity index (χ1v) is 7.52. The number of hydrogen-bond acceptors (Lipinski definition) is 2. The fraction of sp³-hybridized carbons (Fsp3) is 0.333. The Bertz CT molecular complexity index is 711. The van der Waals surface area contributed by atoms with Gasteiger partial charge in [0, 0.05) is 30.7 Å². The smallest absolute Gasteiger partial charge is 0.256 e. The van der Waals surface area contributed by atoms with Crippen molar-refractivity contribution < 1.29 is 4.79 Å². The van der Waals surface area contributed by atoms with Gasteiger partial charge in [-0.1, -0.05) is 23.2 Å². The highest BCUT2D eigenvalue weighted by molar-refractivity contribution is 6.35. The molecule has 2 aromatic rings. The van der Waals surface area contributed by atoms with Crippen molar-refractivity contribution >= 4 is 29.1 Å². The van der Waals surface area contributed by atoms with E-state index in [1.165, 1.54) is 18.0 Å². The molecule has 1 atom stereocenters. The van der Waals surface area contributed by atoms with Crippen molar-refractivity contribution in [2.75, 3.05) is 6.54 Å². The van der Waals surface area contributed by atoms with Gasteiger partial charge in [0.2, 0.25) is 0 Å². The van der Waals surface area contributed by atoms with Crippen molar-refractivity contribution in [2.24, 2.45) is 0 Å². The molecule has 0 N–H and O–H groups in total. The molecular formula is C15H15Cl2N3O. The highest BCUT2D eigenvalue weighted by Gasteiger charge is 2.30. The minimum atomic E-state index is -0.109. The second-order valence-corrected chi connectivity index (χ2v) is 6.01. The van der Waals surface area contributed by atoms with Gasteiger partial charge in [-0.2, -0.15) is 0 Å². The zero-order chi connectivity index (χ0) is 15.1. The molecular weight excluding hydrogens is 309 g/mol. The molecule has 0 fully saturated rings. The topological polar surface area (TPSA) is 38.1 Å². The molecule has 21 heavy (non-hydrogen) atoms. The lowest BCUT2D eigenvalue weighted by Gasteiger charge is -2.35. The quantitative estimate of drug-likeness (QED) is 0.750. The predicted molar refractivity (Wildman–Crippen MR) is 82.9 cm³/mol. The van der Waals surface area contributed by atoms with Crippen LogP contribution in [-0.4, -0.2) is 26.9 Å². The molecule has 1 amide bonds. The van der Waals surface area contributed by atoms with Crippen LogP contribution in [0.5, 0.6) is 0 Å². The molecule has 0 aliphatic carbocycles. The Morgan fingerprint density at radius 1 is 1.33 bits per heavy atom. The minimum absolute atomic E-state index is 0.00274. The van der Waals surface area contributed by atoms with Crippen LogP contribution in [0.25, 0.3) is 0 Å². The molecule has 0 saturated heterocycles. The molecule has 1 aliphatic rings. The van der Waals surface area contributed by atoms with Crippen LogP contribution in [0, 0.1) is 6.92 Å². The Morgan fingerprint density at radius 2 is 2.10 bits per heavy atom. The van der Waals surface area contributed by atoms with E-state index >= 15 is 0 Å². The molecule has 2 aromatic heterocycles. The Morgan fingerprint density at radius 3 is 2.86 bits per heavy atom. The summed E-state index contributed by atoms with van der Waals surface area (Å²) < 4.78 is 2.25. The van der Waals surface area contributed by atoms with Gasteiger partial charge in [-0.05, 0) is 32.0 Å². The Balaban J connectivity index is 1.95. The van der Waals surface area contributed by atoms with Gasteiger partial charge in [0.1, 0.15) is 5.15 Å². The minimum Gasteiger partial charge on any atom is -0.345 e. The SMILES string of the molecule is Cc1ccc2n1CCN(C(=O)c1cc(Cl)ncc1Cl)C2C. The summed E-state index contributed by atoms with van der Waals surface area (Å²) in [5.74, 6) is -0.109. The van der Waals surface area contributed by atoms with E-state index in [2.05, 4.69) is 28.6 Å². The number of aryl methyl sites for hydroxylation is 1. The van der Waals surface area contributed by atoms with Crippen LogP contribution in [-0.2, 0) is 6.54 Å². The van der Waals surface area contributed by atoms with E-state index in [4.69, 9.17) is 23.2 Å². The van der Waals surface area contributed by atoms with E-state index in [-0.39, 0.29) is 17.1 Å². The van der Waals surface area contributed by atoms with Crippen LogP contribution in [0.4, 0.5) is 0 Å². The third kappa shape index (κ3) is 2.43. The van der Waals surface area contributed by atoms with E-state index < -0.39 is 0 Å². The van der Waals surface area contributed by atoms with Crippen molar-refractivity contribution in [1.82, 2.24) is 14.5 Å². The van der Waals surface area contributed by atoms with E-state index in [1.54, 1.807) is 0 Å². The molecule has 4 nitrogen and oxygen atoms in total. The maximum Gasteiger partial charge on any atom is 0.256 e. The van der Waals surface area contributed by atoms with Gasteiger partial charge in [0.25, 0.3) is 5.91 Å². The number of fused-ring (bicyclic) bond motifs is 1. The molecule has 0 radical (unpaired) electrons. The first kappa shape index (κ1) is 14.4. The number of aromatic nitrogens is 2. The molecule has 0 saturated carbocycles. The lowest BCUT2D eigenvalue weighted by atomic mass is 10.1. The van der Waals surface area contributed by atoms with Gasteiger partial charge in [0.05, 0.1) is 16.6 Å². The Hall–Kier alpha value is -1.52. The van der Waals surface area contributed by atoms with Crippen LogP contribution in [0.2, 0.25) is 10.2 Å². The molecule has 1 aliphatic heterocycles. The first-order valence-electron chi connectivity index (χ1n) is 6.77. The van der Waals surface area contributed by atoms with Gasteiger partial charge >= 0.3 is 0 Å². The van der Waals surface area contributed by atoms with E-state index in [9.17, 15) is 4.79 Å². The van der Waals surface area contributed by atoms with Crippen molar-refractivity contribution in [3.63, 3.8) is 0 Å². The summed E-state index contributed by atoms with van der Waals surface area (Å²) in [5, 5.41) is 0.598. The average molecular weight is 324 g/mol. The summed E-state index contributed by atoms with van der Waals surface area (Å²) >= 11 is 12.0. The molecule has 0 aromatic carbocycles. The maximum absolute atomic E-state index is 12.7. The van der Waals surface area contributed by atoms with Crippen LogP contribution >= 0.6 is 23.2 Å². The third-order valence-electron chi connectivity index (χ3n) is 4.01. The van der Waals surface area contributed by atoms with Crippen molar-refractivity contribution in [1.29, 1.82) is 0 Å². The fourth-order valence-corrected chi connectivity index (χ4v) is 3.17. The van der Waals surface area contributed by atoms with Crippen LogP contribution < -0.4 is 0 Å². The number of rotatable bonds is 1. The number of halogens is 2.